The molecule has 0 aliphatic carbocycles. The van der Waals surface area contributed by atoms with E-state index in [4.69, 9.17) is 4.74 Å². The molecule has 2 unspecified atom stereocenters. The van der Waals surface area contributed by atoms with Crippen molar-refractivity contribution in [2.75, 3.05) is 13.2 Å². The molecule has 2 fully saturated rings. The molecule has 2 bridgehead atoms. The molecule has 0 aromatic carbocycles. The molecule has 3 heterocycles. The van der Waals surface area contributed by atoms with Gasteiger partial charge in [-0.05, 0) is 12.8 Å². The van der Waals surface area contributed by atoms with E-state index in [1.54, 1.807) is 12.4 Å². The molecule has 2 aliphatic heterocycles. The lowest BCUT2D eigenvalue weighted by atomic mass is 9.82. The second-order valence-corrected chi connectivity index (χ2v) is 4.76. The molecule has 1 aromatic rings. The third kappa shape index (κ3) is 2.21. The number of piperidine rings is 1. The van der Waals surface area contributed by atoms with Crippen LogP contribution in [-0.2, 0) is 4.74 Å². The van der Waals surface area contributed by atoms with Crippen LogP contribution in [0.1, 0.15) is 23.2 Å². The van der Waals surface area contributed by atoms with Gasteiger partial charge < -0.3 is 10.1 Å². The molecule has 0 radical (unpaired) electrons. The third-order valence-electron chi connectivity index (χ3n) is 3.46. The Morgan fingerprint density at radius 3 is 2.53 bits per heavy atom. The summed E-state index contributed by atoms with van der Waals surface area (Å²) < 4.78 is 5.47. The van der Waals surface area contributed by atoms with E-state index < -0.39 is 0 Å². The number of hydrogen-bond acceptors (Lipinski definition) is 5. The van der Waals surface area contributed by atoms with Crippen molar-refractivity contribution in [2.45, 2.75) is 24.9 Å². The van der Waals surface area contributed by atoms with Gasteiger partial charge in [-0.2, -0.15) is 0 Å². The topological polar surface area (TPSA) is 64.1 Å². The first-order valence-electron chi connectivity index (χ1n) is 5.96. The number of fused-ring (bicyclic) bond motifs is 2. The van der Waals surface area contributed by atoms with Gasteiger partial charge in [0.15, 0.2) is 5.78 Å². The number of hydrogen-bond donors (Lipinski definition) is 1. The average Bonchev–Trinajstić information content (AvgIpc) is 2.38. The second-order valence-electron chi connectivity index (χ2n) is 4.76. The minimum atomic E-state index is 0.0844. The van der Waals surface area contributed by atoms with Gasteiger partial charge in [-0.1, -0.05) is 0 Å². The molecule has 0 saturated carbocycles. The Labute approximate surface area is 99.6 Å². The molecule has 0 amide bonds. The van der Waals surface area contributed by atoms with Crippen LogP contribution in [0.25, 0.3) is 0 Å². The highest BCUT2D eigenvalue weighted by Crippen LogP contribution is 2.26. The Morgan fingerprint density at radius 1 is 1.24 bits per heavy atom. The van der Waals surface area contributed by atoms with Crippen LogP contribution in [0, 0.1) is 5.92 Å². The Bertz CT molecular complexity index is 397. The first-order valence-corrected chi connectivity index (χ1v) is 5.96. The predicted octanol–water partition coefficient (Wildman–Crippen LogP) is 0.426. The van der Waals surface area contributed by atoms with E-state index in [1.165, 1.54) is 6.33 Å². The average molecular weight is 233 g/mol. The van der Waals surface area contributed by atoms with Crippen LogP contribution in [0.5, 0.6) is 0 Å². The minimum absolute atomic E-state index is 0.0844. The number of rotatable bonds is 2. The normalized spacial score (nSPS) is 32.1. The standard InChI is InChI=1S/C12H15N3O2/c16-12(9-3-13-7-14-4-9)8-1-10-5-17-6-11(2-8)15-10/h3-4,7-8,10-11,15H,1-2,5-6H2. The molecule has 2 saturated heterocycles. The van der Waals surface area contributed by atoms with Crippen molar-refractivity contribution in [1.82, 2.24) is 15.3 Å². The summed E-state index contributed by atoms with van der Waals surface area (Å²) in [5, 5.41) is 3.48. The number of nitrogens with one attached hydrogen (secondary N) is 1. The van der Waals surface area contributed by atoms with Gasteiger partial charge in [0, 0.05) is 30.4 Å². The molecule has 90 valence electrons. The van der Waals surface area contributed by atoms with Gasteiger partial charge >= 0.3 is 0 Å². The van der Waals surface area contributed by atoms with Gasteiger partial charge in [0.25, 0.3) is 0 Å². The maximum atomic E-state index is 12.3. The van der Waals surface area contributed by atoms with Crippen LogP contribution < -0.4 is 5.32 Å². The molecule has 1 aromatic heterocycles. The first-order chi connectivity index (χ1) is 8.33. The number of ketones is 1. The summed E-state index contributed by atoms with van der Waals surface area (Å²) in [5.41, 5.74) is 0.624. The van der Waals surface area contributed by atoms with E-state index in [1.807, 2.05) is 0 Å². The van der Waals surface area contributed by atoms with Crippen molar-refractivity contribution >= 4 is 5.78 Å². The molecule has 5 heteroatoms. The number of nitrogens with zero attached hydrogens (tertiary/aromatic N) is 2. The Hall–Kier alpha value is -1.33. The maximum absolute atomic E-state index is 12.3. The first kappa shape index (κ1) is 10.8. The Balaban J connectivity index is 1.74. The maximum Gasteiger partial charge on any atom is 0.169 e. The second kappa shape index (κ2) is 4.50. The highest BCUT2D eigenvalue weighted by molar-refractivity contribution is 5.97. The van der Waals surface area contributed by atoms with Crippen LogP contribution in [-0.4, -0.2) is 41.0 Å². The van der Waals surface area contributed by atoms with Crippen LogP contribution in [0.4, 0.5) is 0 Å². The van der Waals surface area contributed by atoms with E-state index in [9.17, 15) is 4.79 Å². The molecule has 1 N–H and O–H groups in total. The van der Waals surface area contributed by atoms with Crippen molar-refractivity contribution in [2.24, 2.45) is 5.92 Å². The van der Waals surface area contributed by atoms with Crippen molar-refractivity contribution in [1.29, 1.82) is 0 Å². The van der Waals surface area contributed by atoms with Crippen molar-refractivity contribution in [3.8, 4) is 0 Å². The fraction of sp³-hybridized carbons (Fsp3) is 0.583. The fourth-order valence-corrected chi connectivity index (χ4v) is 2.71. The quantitative estimate of drug-likeness (QED) is 0.750. The lowest BCUT2D eigenvalue weighted by Crippen LogP contribution is -2.55. The molecule has 2 aliphatic rings. The summed E-state index contributed by atoms with van der Waals surface area (Å²) in [4.78, 5) is 20.1. The van der Waals surface area contributed by atoms with Crippen LogP contribution in [0.3, 0.4) is 0 Å². The van der Waals surface area contributed by atoms with E-state index in [0.29, 0.717) is 30.9 Å². The van der Waals surface area contributed by atoms with E-state index in [0.717, 1.165) is 12.8 Å². The molecule has 5 nitrogen and oxygen atoms in total. The zero-order valence-corrected chi connectivity index (χ0v) is 9.50. The number of aromatic nitrogens is 2. The van der Waals surface area contributed by atoms with Crippen molar-refractivity contribution in [3.05, 3.63) is 24.3 Å². The van der Waals surface area contributed by atoms with Gasteiger partial charge in [-0.25, -0.2) is 9.97 Å². The van der Waals surface area contributed by atoms with Gasteiger partial charge in [0.05, 0.1) is 18.8 Å². The molecular formula is C12H15N3O2. The summed E-state index contributed by atoms with van der Waals surface area (Å²) >= 11 is 0. The molecule has 0 spiro atoms. The predicted molar refractivity (Wildman–Crippen MR) is 60.6 cm³/mol. The zero-order chi connectivity index (χ0) is 11.7. The summed E-state index contributed by atoms with van der Waals surface area (Å²) in [5.74, 6) is 0.255. The number of ether oxygens (including phenoxy) is 1. The highest BCUT2D eigenvalue weighted by Gasteiger charge is 2.35. The number of carbonyl (C=O) groups is 1. The molecule has 3 rings (SSSR count). The van der Waals surface area contributed by atoms with E-state index >= 15 is 0 Å². The van der Waals surface area contributed by atoms with Crippen molar-refractivity contribution in [3.63, 3.8) is 0 Å². The van der Waals surface area contributed by atoms with E-state index in [-0.39, 0.29) is 11.7 Å². The monoisotopic (exact) mass is 233 g/mol. The van der Waals surface area contributed by atoms with Gasteiger partial charge in [0.1, 0.15) is 6.33 Å². The Morgan fingerprint density at radius 2 is 1.88 bits per heavy atom. The lowest BCUT2D eigenvalue weighted by molar-refractivity contribution is 0.00951. The highest BCUT2D eigenvalue weighted by atomic mass is 16.5. The van der Waals surface area contributed by atoms with Crippen molar-refractivity contribution < 1.29 is 9.53 Å². The number of Topliss-reactive ketones (excluding diaryl/α,β-unsaturated/α-hetero) is 1. The largest absolute Gasteiger partial charge is 0.378 e. The number of carbonyl (C=O) groups excluding carboxylic acids is 1. The lowest BCUT2D eigenvalue weighted by Gasteiger charge is -2.39. The fourth-order valence-electron chi connectivity index (χ4n) is 2.71. The summed E-state index contributed by atoms with van der Waals surface area (Å²) in [7, 11) is 0. The van der Waals surface area contributed by atoms with Gasteiger partial charge in [-0.15, -0.1) is 0 Å². The van der Waals surface area contributed by atoms with Gasteiger partial charge in [0.2, 0.25) is 0 Å². The zero-order valence-electron chi connectivity index (χ0n) is 9.50. The van der Waals surface area contributed by atoms with Gasteiger partial charge in [-0.3, -0.25) is 4.79 Å². The SMILES string of the molecule is O=C(c1cncnc1)C1CC2COCC(C1)N2. The summed E-state index contributed by atoms with van der Waals surface area (Å²) in [6, 6.07) is 0.641. The van der Waals surface area contributed by atoms with E-state index in [2.05, 4.69) is 15.3 Å². The molecule has 17 heavy (non-hydrogen) atoms. The van der Waals surface area contributed by atoms with Crippen LogP contribution in [0.15, 0.2) is 18.7 Å². The molecule has 2 atom stereocenters. The summed E-state index contributed by atoms with van der Waals surface area (Å²) in [6.45, 7) is 1.43. The summed E-state index contributed by atoms with van der Waals surface area (Å²) in [6.07, 6.45) is 6.35. The third-order valence-corrected chi connectivity index (χ3v) is 3.46. The van der Waals surface area contributed by atoms with Crippen LogP contribution in [0.2, 0.25) is 0 Å². The minimum Gasteiger partial charge on any atom is -0.378 e. The molecular weight excluding hydrogens is 218 g/mol. The smallest absolute Gasteiger partial charge is 0.169 e. The number of morpholine rings is 1. The Kier molecular flexibility index (Phi) is 2.86. The van der Waals surface area contributed by atoms with Crippen LogP contribution >= 0.6 is 0 Å².